The summed E-state index contributed by atoms with van der Waals surface area (Å²) < 4.78 is 5.55. The van der Waals surface area contributed by atoms with Crippen molar-refractivity contribution in [1.82, 2.24) is 0 Å². The van der Waals surface area contributed by atoms with Crippen LogP contribution in [0.5, 0.6) is 0 Å². The molecule has 1 heterocycles. The van der Waals surface area contributed by atoms with Crippen LogP contribution in [0, 0.1) is 23.7 Å². The summed E-state index contributed by atoms with van der Waals surface area (Å²) in [7, 11) is 0. The maximum absolute atomic E-state index is 13.6. The van der Waals surface area contributed by atoms with Crippen molar-refractivity contribution >= 4 is 5.78 Å². The number of carbonyl (C=O) groups is 1. The molecule has 3 N–H and O–H groups in total. The minimum absolute atomic E-state index is 0.0498. The molecule has 1 aliphatic heterocycles. The first-order valence-electron chi connectivity index (χ1n) is 14.7. The molecule has 4 heteroatoms. The minimum atomic E-state index is -0.227. The summed E-state index contributed by atoms with van der Waals surface area (Å²) in [5.41, 5.74) is 10.6. The molecule has 4 nitrogen and oxygen atoms in total. The Morgan fingerprint density at radius 1 is 1.00 bits per heavy atom. The van der Waals surface area contributed by atoms with Gasteiger partial charge in [0, 0.05) is 23.9 Å². The number of aliphatic hydroxyl groups is 1. The molecule has 1 saturated heterocycles. The number of benzene rings is 2. The summed E-state index contributed by atoms with van der Waals surface area (Å²) in [5.74, 6) is 2.19. The number of ketones is 1. The third-order valence-corrected chi connectivity index (χ3v) is 9.58. The maximum Gasteiger partial charge on any atom is 0.165 e. The van der Waals surface area contributed by atoms with E-state index in [-0.39, 0.29) is 24.0 Å². The molecule has 2 aromatic carbocycles. The molecule has 3 fully saturated rings. The summed E-state index contributed by atoms with van der Waals surface area (Å²) in [5, 5.41) is 10.5. The lowest BCUT2D eigenvalue weighted by atomic mass is 9.81. The highest BCUT2D eigenvalue weighted by Crippen LogP contribution is 2.39. The van der Waals surface area contributed by atoms with Gasteiger partial charge in [-0.05, 0) is 85.5 Å². The Morgan fingerprint density at radius 2 is 1.78 bits per heavy atom. The van der Waals surface area contributed by atoms with Crippen LogP contribution in [0.15, 0.2) is 48.5 Å². The molecule has 200 valence electrons. The van der Waals surface area contributed by atoms with Gasteiger partial charge in [-0.15, -0.1) is 0 Å². The van der Waals surface area contributed by atoms with Gasteiger partial charge in [-0.2, -0.15) is 0 Å². The van der Waals surface area contributed by atoms with Crippen LogP contribution in [-0.2, 0) is 17.7 Å². The average molecular weight is 504 g/mol. The fraction of sp³-hybridized carbons (Fsp3) is 0.606. The van der Waals surface area contributed by atoms with E-state index in [1.54, 1.807) is 0 Å². The Hall–Kier alpha value is -2.01. The Balaban J connectivity index is 1.20. The van der Waals surface area contributed by atoms with Crippen molar-refractivity contribution < 1.29 is 14.6 Å². The number of aliphatic hydroxyl groups excluding tert-OH is 1. The van der Waals surface area contributed by atoms with Crippen LogP contribution in [0.2, 0.25) is 0 Å². The number of Topliss-reactive ketones (excluding diaryl/α,β-unsaturated/α-hetero) is 1. The third-order valence-electron chi connectivity index (χ3n) is 9.58. The maximum atomic E-state index is 13.6. The average Bonchev–Trinajstić information content (AvgIpc) is 3.78. The van der Waals surface area contributed by atoms with Gasteiger partial charge in [0.2, 0.25) is 0 Å². The number of epoxide rings is 1. The van der Waals surface area contributed by atoms with Crippen molar-refractivity contribution in [3.8, 4) is 0 Å². The van der Waals surface area contributed by atoms with E-state index in [0.717, 1.165) is 63.5 Å². The largest absolute Gasteiger partial charge is 0.393 e. The van der Waals surface area contributed by atoms with Crippen LogP contribution >= 0.6 is 0 Å². The normalized spacial score (nSPS) is 31.2. The molecule has 0 bridgehead atoms. The lowest BCUT2D eigenvalue weighted by Gasteiger charge is -2.23. The summed E-state index contributed by atoms with van der Waals surface area (Å²) in [6.45, 7) is 3.55. The highest BCUT2D eigenvalue weighted by atomic mass is 16.6. The van der Waals surface area contributed by atoms with Gasteiger partial charge in [-0.1, -0.05) is 68.7 Å². The quantitative estimate of drug-likeness (QED) is 0.247. The first kappa shape index (κ1) is 26.6. The highest BCUT2D eigenvalue weighted by molar-refractivity contribution is 5.98. The van der Waals surface area contributed by atoms with Gasteiger partial charge in [0.05, 0.1) is 18.8 Å². The summed E-state index contributed by atoms with van der Waals surface area (Å²) in [6, 6.07) is 17.2. The van der Waals surface area contributed by atoms with Crippen LogP contribution in [0.1, 0.15) is 97.7 Å². The first-order valence-corrected chi connectivity index (χ1v) is 14.7. The van der Waals surface area contributed by atoms with E-state index < -0.39 is 0 Å². The number of carbonyl (C=O) groups excluding carboxylic acids is 1. The smallest absolute Gasteiger partial charge is 0.165 e. The van der Waals surface area contributed by atoms with Crippen LogP contribution < -0.4 is 5.73 Å². The van der Waals surface area contributed by atoms with Gasteiger partial charge >= 0.3 is 0 Å². The monoisotopic (exact) mass is 503 g/mol. The van der Waals surface area contributed by atoms with Crippen molar-refractivity contribution in [3.63, 3.8) is 0 Å². The molecular formula is C33H45NO3. The Labute approximate surface area is 223 Å². The van der Waals surface area contributed by atoms with Crippen LogP contribution in [0.25, 0.3) is 0 Å². The fourth-order valence-electron chi connectivity index (χ4n) is 7.18. The van der Waals surface area contributed by atoms with Gasteiger partial charge in [0.15, 0.2) is 5.78 Å². The molecule has 0 aromatic heterocycles. The van der Waals surface area contributed by atoms with E-state index in [9.17, 15) is 9.90 Å². The van der Waals surface area contributed by atoms with Crippen LogP contribution in [0.3, 0.4) is 0 Å². The van der Waals surface area contributed by atoms with Gasteiger partial charge in [-0.3, -0.25) is 4.79 Å². The zero-order chi connectivity index (χ0) is 25.8. The number of rotatable bonds is 8. The standard InChI is InChI=1S/C33H45NO3/c1-22(26-9-5-10-27(15-14-26)28-11-3-8-25(18-28)20-34)33(36)29-12-2-6-23(17-29)16-24-7-4-13-31(35)30(19-24)32-21-37-32/h2-3,6,8,11-12,17-18,22,24,26-27,30-32,35H,4-5,7,9-10,13-16,19-21,34H2,1H3. The van der Waals surface area contributed by atoms with E-state index in [1.807, 2.05) is 6.07 Å². The molecule has 37 heavy (non-hydrogen) atoms. The fourth-order valence-corrected chi connectivity index (χ4v) is 7.18. The molecule has 2 aromatic rings. The van der Waals surface area contributed by atoms with Crippen molar-refractivity contribution in [1.29, 1.82) is 0 Å². The topological polar surface area (TPSA) is 75.8 Å². The summed E-state index contributed by atoms with van der Waals surface area (Å²) >= 11 is 0. The second-order valence-corrected chi connectivity index (χ2v) is 12.1. The summed E-state index contributed by atoms with van der Waals surface area (Å²) in [6.07, 6.45) is 10.9. The van der Waals surface area contributed by atoms with Crippen LogP contribution in [0.4, 0.5) is 0 Å². The molecular weight excluding hydrogens is 458 g/mol. The van der Waals surface area contributed by atoms with E-state index in [2.05, 4.69) is 49.4 Å². The molecule has 0 radical (unpaired) electrons. The zero-order valence-electron chi connectivity index (χ0n) is 22.5. The van der Waals surface area contributed by atoms with Crippen LogP contribution in [-0.4, -0.2) is 29.7 Å². The van der Waals surface area contributed by atoms with E-state index in [4.69, 9.17) is 10.5 Å². The second-order valence-electron chi connectivity index (χ2n) is 12.1. The molecule has 0 amide bonds. The predicted octanol–water partition coefficient (Wildman–Crippen LogP) is 6.44. The molecule has 0 spiro atoms. The minimum Gasteiger partial charge on any atom is -0.393 e. The lowest BCUT2D eigenvalue weighted by Crippen LogP contribution is -2.25. The second kappa shape index (κ2) is 12.2. The van der Waals surface area contributed by atoms with E-state index in [0.29, 0.717) is 30.1 Å². The number of hydrogen-bond donors (Lipinski definition) is 2. The van der Waals surface area contributed by atoms with Crippen molar-refractivity contribution in [3.05, 3.63) is 70.8 Å². The SMILES string of the molecule is CC(C(=O)c1cccc(CC2CCCC(O)C(C3CO3)C2)c1)C1CCCC(c2cccc(CN)c2)CC1. The third kappa shape index (κ3) is 6.71. The molecule has 2 saturated carbocycles. The van der Waals surface area contributed by atoms with Gasteiger partial charge in [-0.25, -0.2) is 0 Å². The lowest BCUT2D eigenvalue weighted by molar-refractivity contribution is 0.0785. The van der Waals surface area contributed by atoms with Gasteiger partial charge in [0.1, 0.15) is 0 Å². The van der Waals surface area contributed by atoms with Crippen molar-refractivity contribution in [2.24, 2.45) is 29.4 Å². The Morgan fingerprint density at radius 3 is 2.59 bits per heavy atom. The molecule has 5 rings (SSSR count). The number of hydrogen-bond acceptors (Lipinski definition) is 4. The zero-order valence-corrected chi connectivity index (χ0v) is 22.5. The number of nitrogens with two attached hydrogens (primary N) is 1. The molecule has 3 aliphatic rings. The van der Waals surface area contributed by atoms with Gasteiger partial charge in [0.25, 0.3) is 0 Å². The molecule has 2 aliphatic carbocycles. The van der Waals surface area contributed by atoms with E-state index >= 15 is 0 Å². The van der Waals surface area contributed by atoms with Crippen molar-refractivity contribution in [2.45, 2.75) is 95.8 Å². The summed E-state index contributed by atoms with van der Waals surface area (Å²) in [4.78, 5) is 13.6. The van der Waals surface area contributed by atoms with E-state index in [1.165, 1.54) is 29.5 Å². The number of ether oxygens (including phenoxy) is 1. The Bertz CT molecular complexity index is 1050. The predicted molar refractivity (Wildman–Crippen MR) is 148 cm³/mol. The Kier molecular flexibility index (Phi) is 8.79. The molecule has 7 atom stereocenters. The van der Waals surface area contributed by atoms with Crippen molar-refractivity contribution in [2.75, 3.05) is 6.61 Å². The molecule has 7 unspecified atom stereocenters. The van der Waals surface area contributed by atoms with Gasteiger partial charge < -0.3 is 15.6 Å². The highest BCUT2D eigenvalue weighted by Gasteiger charge is 2.40. The first-order chi connectivity index (χ1) is 18.0.